The number of aliphatic hydroxyl groups excluding tert-OH is 1. The number of aromatic amines is 2. The number of rotatable bonds is 4. The predicted molar refractivity (Wildman–Crippen MR) is 120 cm³/mol. The SMILES string of the molecule is CC(C)(C)c1cc(C(O)c2ccc(Cc3ccc(Br)[nH]3)[nH]2)cc(C(C)(C)C)c1. The van der Waals surface area contributed by atoms with E-state index < -0.39 is 6.10 Å². The van der Waals surface area contributed by atoms with Crippen molar-refractivity contribution in [3.63, 3.8) is 0 Å². The summed E-state index contributed by atoms with van der Waals surface area (Å²) < 4.78 is 0.975. The zero-order valence-electron chi connectivity index (χ0n) is 17.7. The molecule has 2 aromatic heterocycles. The number of benzene rings is 1. The van der Waals surface area contributed by atoms with Gasteiger partial charge in [0.05, 0.1) is 4.60 Å². The Labute approximate surface area is 176 Å². The second-order valence-corrected chi connectivity index (χ2v) is 10.5. The standard InChI is InChI=1S/C24H31BrN2O/c1-23(2,3)16-11-15(12-17(13-16)24(4,5)6)22(28)20-9-7-18(26-20)14-19-8-10-21(25)27-19/h7-13,22,26-28H,14H2,1-6H3. The van der Waals surface area contributed by atoms with Gasteiger partial charge in [0.2, 0.25) is 0 Å². The van der Waals surface area contributed by atoms with Crippen LogP contribution >= 0.6 is 15.9 Å². The van der Waals surface area contributed by atoms with E-state index in [9.17, 15) is 5.11 Å². The van der Waals surface area contributed by atoms with Crippen LogP contribution in [0, 0.1) is 0 Å². The molecule has 1 aromatic carbocycles. The van der Waals surface area contributed by atoms with Crippen LogP contribution < -0.4 is 0 Å². The normalized spacial score (nSPS) is 13.7. The average molecular weight is 443 g/mol. The molecule has 28 heavy (non-hydrogen) atoms. The molecule has 3 rings (SSSR count). The van der Waals surface area contributed by atoms with Crippen LogP contribution in [-0.2, 0) is 17.3 Å². The lowest BCUT2D eigenvalue weighted by atomic mass is 9.79. The third-order valence-electron chi connectivity index (χ3n) is 5.16. The first-order valence-electron chi connectivity index (χ1n) is 9.79. The number of aromatic nitrogens is 2. The summed E-state index contributed by atoms with van der Waals surface area (Å²) in [4.78, 5) is 6.68. The van der Waals surface area contributed by atoms with E-state index in [-0.39, 0.29) is 10.8 Å². The Morgan fingerprint density at radius 3 is 1.86 bits per heavy atom. The van der Waals surface area contributed by atoms with Crippen molar-refractivity contribution in [3.05, 3.63) is 80.8 Å². The lowest BCUT2D eigenvalue weighted by Crippen LogP contribution is -2.18. The molecule has 0 aliphatic rings. The van der Waals surface area contributed by atoms with E-state index in [0.29, 0.717) is 0 Å². The Balaban J connectivity index is 1.92. The Kier molecular flexibility index (Phi) is 5.66. The number of nitrogens with one attached hydrogen (secondary N) is 2. The average Bonchev–Trinajstić information content (AvgIpc) is 3.21. The van der Waals surface area contributed by atoms with Crippen molar-refractivity contribution < 1.29 is 5.11 Å². The molecule has 0 spiro atoms. The lowest BCUT2D eigenvalue weighted by Gasteiger charge is -2.27. The summed E-state index contributed by atoms with van der Waals surface area (Å²) in [6.45, 7) is 13.3. The Morgan fingerprint density at radius 2 is 1.36 bits per heavy atom. The van der Waals surface area contributed by atoms with Gasteiger partial charge in [-0.3, -0.25) is 0 Å². The summed E-state index contributed by atoms with van der Waals surface area (Å²) in [7, 11) is 0. The van der Waals surface area contributed by atoms with Crippen molar-refractivity contribution in [2.45, 2.75) is 64.9 Å². The smallest absolute Gasteiger partial charge is 0.119 e. The summed E-state index contributed by atoms with van der Waals surface area (Å²) >= 11 is 3.44. The Bertz CT molecular complexity index is 921. The van der Waals surface area contributed by atoms with Gasteiger partial charge in [0.15, 0.2) is 0 Å². The first-order chi connectivity index (χ1) is 12.9. The predicted octanol–water partition coefficient (Wildman–Crippen LogP) is 6.37. The van der Waals surface area contributed by atoms with E-state index in [0.717, 1.165) is 33.7 Å². The minimum atomic E-state index is -0.674. The number of halogens is 1. The highest BCUT2D eigenvalue weighted by Crippen LogP contribution is 2.33. The Morgan fingerprint density at radius 1 is 0.821 bits per heavy atom. The molecule has 0 aliphatic heterocycles. The van der Waals surface area contributed by atoms with Crippen LogP contribution in [0.3, 0.4) is 0 Å². The highest BCUT2D eigenvalue weighted by atomic mass is 79.9. The van der Waals surface area contributed by atoms with E-state index in [1.54, 1.807) is 0 Å². The van der Waals surface area contributed by atoms with E-state index in [2.05, 4.69) is 91.7 Å². The molecule has 0 saturated carbocycles. The molecule has 1 atom stereocenters. The molecule has 3 N–H and O–H groups in total. The first-order valence-corrected chi connectivity index (χ1v) is 10.6. The van der Waals surface area contributed by atoms with Gasteiger partial charge in [0, 0.05) is 23.5 Å². The van der Waals surface area contributed by atoms with Gasteiger partial charge in [-0.1, -0.05) is 59.7 Å². The maximum absolute atomic E-state index is 11.1. The van der Waals surface area contributed by atoms with E-state index in [4.69, 9.17) is 0 Å². The minimum absolute atomic E-state index is 0.0254. The van der Waals surface area contributed by atoms with Crippen LogP contribution in [0.2, 0.25) is 0 Å². The van der Waals surface area contributed by atoms with Gasteiger partial charge in [-0.25, -0.2) is 0 Å². The maximum atomic E-state index is 11.1. The molecule has 0 aliphatic carbocycles. The summed E-state index contributed by atoms with van der Waals surface area (Å²) in [5.74, 6) is 0. The van der Waals surface area contributed by atoms with Crippen molar-refractivity contribution >= 4 is 15.9 Å². The van der Waals surface area contributed by atoms with Crippen LogP contribution in [0.4, 0.5) is 0 Å². The highest BCUT2D eigenvalue weighted by Gasteiger charge is 2.23. The van der Waals surface area contributed by atoms with Crippen molar-refractivity contribution in [2.75, 3.05) is 0 Å². The van der Waals surface area contributed by atoms with Crippen LogP contribution in [0.5, 0.6) is 0 Å². The molecule has 0 saturated heterocycles. The van der Waals surface area contributed by atoms with Gasteiger partial charge in [-0.15, -0.1) is 0 Å². The summed E-state index contributed by atoms with van der Waals surface area (Å²) in [6, 6.07) is 14.7. The molecule has 3 nitrogen and oxygen atoms in total. The van der Waals surface area contributed by atoms with Crippen molar-refractivity contribution in [1.82, 2.24) is 9.97 Å². The lowest BCUT2D eigenvalue weighted by molar-refractivity contribution is 0.215. The molecule has 1 unspecified atom stereocenters. The number of aliphatic hydroxyl groups is 1. The Hall–Kier alpha value is -1.78. The molecule has 3 aromatic rings. The fourth-order valence-electron chi connectivity index (χ4n) is 3.30. The number of H-pyrrole nitrogens is 2. The van der Waals surface area contributed by atoms with Gasteiger partial charge >= 0.3 is 0 Å². The molecule has 0 bridgehead atoms. The third kappa shape index (κ3) is 4.79. The maximum Gasteiger partial charge on any atom is 0.119 e. The minimum Gasteiger partial charge on any atom is -0.382 e. The molecule has 0 fully saturated rings. The second kappa shape index (κ2) is 7.57. The van der Waals surface area contributed by atoms with Gasteiger partial charge in [0.1, 0.15) is 6.10 Å². The molecule has 4 heteroatoms. The van der Waals surface area contributed by atoms with E-state index in [1.165, 1.54) is 11.1 Å². The van der Waals surface area contributed by atoms with Crippen molar-refractivity contribution in [2.24, 2.45) is 0 Å². The second-order valence-electron chi connectivity index (χ2n) is 9.69. The quantitative estimate of drug-likeness (QED) is 0.431. The number of hydrogen-bond acceptors (Lipinski definition) is 1. The van der Waals surface area contributed by atoms with Crippen LogP contribution in [0.1, 0.15) is 81.4 Å². The third-order valence-corrected chi connectivity index (χ3v) is 5.62. The van der Waals surface area contributed by atoms with E-state index >= 15 is 0 Å². The molecule has 2 heterocycles. The van der Waals surface area contributed by atoms with Crippen molar-refractivity contribution in [1.29, 1.82) is 0 Å². The molecule has 0 amide bonds. The zero-order valence-corrected chi connectivity index (χ0v) is 19.2. The van der Waals surface area contributed by atoms with Gasteiger partial charge < -0.3 is 15.1 Å². The fourth-order valence-corrected chi connectivity index (χ4v) is 3.68. The topological polar surface area (TPSA) is 51.8 Å². The van der Waals surface area contributed by atoms with E-state index in [1.807, 2.05) is 18.2 Å². The van der Waals surface area contributed by atoms with Crippen LogP contribution in [0.15, 0.2) is 47.1 Å². The summed E-state index contributed by atoms with van der Waals surface area (Å²) in [6.07, 6.45) is 0.0978. The molecule has 0 radical (unpaired) electrons. The zero-order chi connectivity index (χ0) is 20.7. The summed E-state index contributed by atoms with van der Waals surface area (Å²) in [5, 5.41) is 11.1. The van der Waals surface area contributed by atoms with Crippen LogP contribution in [0.25, 0.3) is 0 Å². The largest absolute Gasteiger partial charge is 0.382 e. The molecular weight excluding hydrogens is 412 g/mol. The van der Waals surface area contributed by atoms with Gasteiger partial charge in [0.25, 0.3) is 0 Å². The first kappa shape index (κ1) is 20.9. The van der Waals surface area contributed by atoms with Gasteiger partial charge in [-0.05, 0) is 67.7 Å². The van der Waals surface area contributed by atoms with Gasteiger partial charge in [-0.2, -0.15) is 0 Å². The highest BCUT2D eigenvalue weighted by molar-refractivity contribution is 9.10. The molecule has 150 valence electrons. The van der Waals surface area contributed by atoms with Crippen molar-refractivity contribution in [3.8, 4) is 0 Å². The van der Waals surface area contributed by atoms with Crippen LogP contribution in [-0.4, -0.2) is 15.1 Å². The summed E-state index contributed by atoms with van der Waals surface area (Å²) in [5.41, 5.74) is 6.51. The molecular formula is C24H31BrN2O. The fraction of sp³-hybridized carbons (Fsp3) is 0.417. The number of hydrogen-bond donors (Lipinski definition) is 3. The monoisotopic (exact) mass is 442 g/mol.